The van der Waals surface area contributed by atoms with Gasteiger partial charge in [-0.05, 0) is 67.8 Å². The molecule has 1 atom stereocenters. The number of benzene rings is 2. The number of carbonyl (C=O) groups is 3. The number of halogens is 3. The van der Waals surface area contributed by atoms with Crippen LogP contribution in [0.1, 0.15) is 49.5 Å². The van der Waals surface area contributed by atoms with E-state index in [-0.39, 0.29) is 43.0 Å². The van der Waals surface area contributed by atoms with Crippen LogP contribution in [0.2, 0.25) is 0 Å². The van der Waals surface area contributed by atoms with E-state index in [0.717, 1.165) is 12.1 Å². The van der Waals surface area contributed by atoms with Gasteiger partial charge in [0.15, 0.2) is 0 Å². The molecule has 0 aliphatic heterocycles. The van der Waals surface area contributed by atoms with Gasteiger partial charge >= 0.3 is 12.1 Å². The van der Waals surface area contributed by atoms with Crippen molar-refractivity contribution in [1.82, 2.24) is 5.32 Å². The number of amides is 2. The number of nitrogens with one attached hydrogen (secondary N) is 3. The van der Waals surface area contributed by atoms with Gasteiger partial charge in [0.05, 0.1) is 18.6 Å². The lowest BCUT2D eigenvalue weighted by atomic mass is 10.0. The van der Waals surface area contributed by atoms with Crippen LogP contribution in [0.15, 0.2) is 48.5 Å². The first kappa shape index (κ1) is 27.7. The molecule has 0 saturated carbocycles. The fourth-order valence-electron chi connectivity index (χ4n) is 3.21. The number of anilines is 2. The molecule has 190 valence electrons. The van der Waals surface area contributed by atoms with Gasteiger partial charge in [-0.1, -0.05) is 13.8 Å². The van der Waals surface area contributed by atoms with E-state index in [1.54, 1.807) is 31.2 Å². The Balaban J connectivity index is 1.99. The van der Waals surface area contributed by atoms with Crippen LogP contribution < -0.4 is 16.0 Å². The van der Waals surface area contributed by atoms with E-state index in [9.17, 15) is 27.6 Å². The van der Waals surface area contributed by atoms with Crippen molar-refractivity contribution in [3.05, 3.63) is 59.7 Å². The second kappa shape index (κ2) is 12.8. The molecule has 0 saturated heterocycles. The van der Waals surface area contributed by atoms with Gasteiger partial charge in [-0.2, -0.15) is 13.2 Å². The third-order valence-electron chi connectivity index (χ3n) is 4.91. The zero-order valence-corrected chi connectivity index (χ0v) is 19.9. The SMILES string of the molecule is CCOC(=O)CCNC(=O)c1ccc(N[C@H](CC(C)C)C(=O)Nc2ccc(C(F)(F)F)cc2)cc1. The Kier molecular flexibility index (Phi) is 10.1. The number of esters is 1. The minimum absolute atomic E-state index is 0.0736. The van der Waals surface area contributed by atoms with E-state index in [0.29, 0.717) is 17.7 Å². The lowest BCUT2D eigenvalue weighted by molar-refractivity contribution is -0.143. The summed E-state index contributed by atoms with van der Waals surface area (Å²) in [5.41, 5.74) is 0.445. The Bertz CT molecular complexity index is 991. The van der Waals surface area contributed by atoms with Crippen LogP contribution in [0, 0.1) is 5.92 Å². The topological polar surface area (TPSA) is 96.5 Å². The summed E-state index contributed by atoms with van der Waals surface area (Å²) in [6, 6.07) is 10.1. The summed E-state index contributed by atoms with van der Waals surface area (Å²) in [5.74, 6) is -0.965. The van der Waals surface area contributed by atoms with Crippen LogP contribution in [0.3, 0.4) is 0 Å². The summed E-state index contributed by atoms with van der Waals surface area (Å²) in [4.78, 5) is 36.4. The third kappa shape index (κ3) is 9.30. The number of carbonyl (C=O) groups excluding carboxylic acids is 3. The number of ether oxygens (including phenoxy) is 1. The molecule has 0 aliphatic rings. The highest BCUT2D eigenvalue weighted by atomic mass is 19.4. The van der Waals surface area contributed by atoms with Crippen molar-refractivity contribution in [2.45, 2.75) is 45.8 Å². The largest absolute Gasteiger partial charge is 0.466 e. The highest BCUT2D eigenvalue weighted by molar-refractivity contribution is 5.97. The molecule has 7 nitrogen and oxygen atoms in total. The molecule has 10 heteroatoms. The van der Waals surface area contributed by atoms with Crippen LogP contribution in [0.5, 0.6) is 0 Å². The lowest BCUT2D eigenvalue weighted by Gasteiger charge is -2.21. The molecule has 0 spiro atoms. The van der Waals surface area contributed by atoms with E-state index in [1.165, 1.54) is 12.1 Å². The summed E-state index contributed by atoms with van der Waals surface area (Å²) >= 11 is 0. The molecule has 0 unspecified atom stereocenters. The summed E-state index contributed by atoms with van der Waals surface area (Å²) in [5, 5.41) is 8.40. The van der Waals surface area contributed by atoms with Crippen molar-refractivity contribution in [2.24, 2.45) is 5.92 Å². The molecule has 0 bridgehead atoms. The Morgan fingerprint density at radius 3 is 2.09 bits per heavy atom. The lowest BCUT2D eigenvalue weighted by Crippen LogP contribution is -2.36. The molecule has 0 fully saturated rings. The van der Waals surface area contributed by atoms with Gasteiger partial charge in [-0.3, -0.25) is 14.4 Å². The Hall–Kier alpha value is -3.56. The maximum Gasteiger partial charge on any atom is 0.416 e. The molecule has 3 N–H and O–H groups in total. The molecular formula is C25H30F3N3O4. The standard InChI is InChI=1S/C25H30F3N3O4/c1-4-35-22(32)13-14-29-23(33)17-5-9-19(10-6-17)30-21(15-16(2)3)24(34)31-20-11-7-18(8-12-20)25(26,27)28/h5-12,16,21,30H,4,13-15H2,1-3H3,(H,29,33)(H,31,34)/t21-/m1/s1. The zero-order valence-electron chi connectivity index (χ0n) is 19.9. The van der Waals surface area contributed by atoms with Gasteiger partial charge in [-0.15, -0.1) is 0 Å². The van der Waals surface area contributed by atoms with Gasteiger partial charge in [0.2, 0.25) is 5.91 Å². The van der Waals surface area contributed by atoms with Gasteiger partial charge in [-0.25, -0.2) is 0 Å². The Morgan fingerprint density at radius 2 is 1.54 bits per heavy atom. The maximum absolute atomic E-state index is 12.8. The van der Waals surface area contributed by atoms with Crippen LogP contribution >= 0.6 is 0 Å². The smallest absolute Gasteiger partial charge is 0.416 e. The number of hydrogen-bond acceptors (Lipinski definition) is 5. The van der Waals surface area contributed by atoms with Gasteiger partial charge in [0, 0.05) is 23.5 Å². The Labute approximate surface area is 202 Å². The van der Waals surface area contributed by atoms with Crippen molar-refractivity contribution >= 4 is 29.2 Å². The second-order valence-electron chi connectivity index (χ2n) is 8.28. The maximum atomic E-state index is 12.8. The summed E-state index contributed by atoms with van der Waals surface area (Å²) in [6.07, 6.45) is -3.90. The monoisotopic (exact) mass is 493 g/mol. The predicted octanol–water partition coefficient (Wildman–Crippen LogP) is 4.85. The first-order valence-corrected chi connectivity index (χ1v) is 11.3. The normalized spacial score (nSPS) is 12.1. The fraction of sp³-hybridized carbons (Fsp3) is 0.400. The van der Waals surface area contributed by atoms with Crippen molar-refractivity contribution in [2.75, 3.05) is 23.8 Å². The van der Waals surface area contributed by atoms with Crippen molar-refractivity contribution in [1.29, 1.82) is 0 Å². The summed E-state index contributed by atoms with van der Waals surface area (Å²) in [6.45, 7) is 6.03. The summed E-state index contributed by atoms with van der Waals surface area (Å²) < 4.78 is 43.1. The average molecular weight is 494 g/mol. The summed E-state index contributed by atoms with van der Waals surface area (Å²) in [7, 11) is 0. The van der Waals surface area contributed by atoms with Crippen LogP contribution in [-0.4, -0.2) is 37.0 Å². The van der Waals surface area contributed by atoms with Gasteiger partial charge in [0.25, 0.3) is 5.91 Å². The quantitative estimate of drug-likeness (QED) is 0.389. The molecular weight excluding hydrogens is 463 g/mol. The second-order valence-corrected chi connectivity index (χ2v) is 8.28. The molecule has 0 radical (unpaired) electrons. The van der Waals surface area contributed by atoms with E-state index >= 15 is 0 Å². The van der Waals surface area contributed by atoms with Crippen LogP contribution in [0.25, 0.3) is 0 Å². The van der Waals surface area contributed by atoms with E-state index in [1.807, 2.05) is 13.8 Å². The van der Waals surface area contributed by atoms with Crippen molar-refractivity contribution < 1.29 is 32.3 Å². The predicted molar refractivity (Wildman–Crippen MR) is 127 cm³/mol. The van der Waals surface area contributed by atoms with Crippen LogP contribution in [-0.2, 0) is 20.5 Å². The molecule has 2 amide bonds. The zero-order chi connectivity index (χ0) is 26.0. The highest BCUT2D eigenvalue weighted by Gasteiger charge is 2.30. The molecule has 0 heterocycles. The number of alkyl halides is 3. The van der Waals surface area contributed by atoms with Crippen molar-refractivity contribution in [3.8, 4) is 0 Å². The van der Waals surface area contributed by atoms with E-state index in [2.05, 4.69) is 16.0 Å². The third-order valence-corrected chi connectivity index (χ3v) is 4.91. The molecule has 0 aromatic heterocycles. The first-order valence-electron chi connectivity index (χ1n) is 11.3. The Morgan fingerprint density at radius 1 is 0.943 bits per heavy atom. The fourth-order valence-corrected chi connectivity index (χ4v) is 3.21. The highest BCUT2D eigenvalue weighted by Crippen LogP contribution is 2.30. The van der Waals surface area contributed by atoms with Crippen LogP contribution in [0.4, 0.5) is 24.5 Å². The van der Waals surface area contributed by atoms with Gasteiger partial charge < -0.3 is 20.7 Å². The van der Waals surface area contributed by atoms with E-state index in [4.69, 9.17) is 4.74 Å². The minimum atomic E-state index is -4.45. The molecule has 2 aromatic rings. The first-order chi connectivity index (χ1) is 16.5. The molecule has 2 rings (SSSR count). The average Bonchev–Trinajstić information content (AvgIpc) is 2.78. The number of hydrogen-bond donors (Lipinski definition) is 3. The molecule has 2 aromatic carbocycles. The number of rotatable bonds is 11. The van der Waals surface area contributed by atoms with Gasteiger partial charge in [0.1, 0.15) is 6.04 Å². The molecule has 0 aliphatic carbocycles. The van der Waals surface area contributed by atoms with E-state index < -0.39 is 23.8 Å². The molecule has 35 heavy (non-hydrogen) atoms. The minimum Gasteiger partial charge on any atom is -0.466 e. The van der Waals surface area contributed by atoms with Crippen molar-refractivity contribution in [3.63, 3.8) is 0 Å².